The van der Waals surface area contributed by atoms with E-state index in [9.17, 15) is 14.4 Å². The molecule has 1 amide bonds. The van der Waals surface area contributed by atoms with Crippen molar-refractivity contribution in [2.45, 2.75) is 45.8 Å². The van der Waals surface area contributed by atoms with Crippen LogP contribution in [0.4, 0.5) is 5.00 Å². The second-order valence-corrected chi connectivity index (χ2v) is 6.72. The summed E-state index contributed by atoms with van der Waals surface area (Å²) in [7, 11) is 1.26. The van der Waals surface area contributed by atoms with Crippen LogP contribution in [0, 0.1) is 6.92 Å². The largest absolute Gasteiger partial charge is 0.465 e. The molecule has 2 rings (SSSR count). The number of thiophene rings is 1. The van der Waals surface area contributed by atoms with Crippen molar-refractivity contribution in [2.75, 3.05) is 19.0 Å². The first-order valence-electron chi connectivity index (χ1n) is 7.70. The van der Waals surface area contributed by atoms with Crippen LogP contribution in [0.15, 0.2) is 0 Å². The number of rotatable bonds is 5. The van der Waals surface area contributed by atoms with E-state index in [4.69, 9.17) is 14.2 Å². The van der Waals surface area contributed by atoms with Gasteiger partial charge in [0.2, 0.25) is 0 Å². The number of methoxy groups -OCH3 is 1. The quantitative estimate of drug-likeness (QED) is 0.816. The van der Waals surface area contributed by atoms with Gasteiger partial charge < -0.3 is 19.5 Å². The molecule has 8 heteroatoms. The average molecular weight is 355 g/mol. The highest BCUT2D eigenvalue weighted by Crippen LogP contribution is 2.35. The highest BCUT2D eigenvalue weighted by atomic mass is 32.1. The number of nitrogens with one attached hydrogen (secondary N) is 1. The molecular weight excluding hydrogens is 334 g/mol. The van der Waals surface area contributed by atoms with E-state index in [1.54, 1.807) is 20.8 Å². The molecule has 24 heavy (non-hydrogen) atoms. The molecule has 2 heterocycles. The summed E-state index contributed by atoms with van der Waals surface area (Å²) in [6, 6.07) is 0. The van der Waals surface area contributed by atoms with Crippen molar-refractivity contribution in [1.82, 2.24) is 0 Å². The maximum absolute atomic E-state index is 12.4. The molecular formula is C16H21NO6S. The molecule has 132 valence electrons. The summed E-state index contributed by atoms with van der Waals surface area (Å²) in [4.78, 5) is 36.8. The predicted octanol–water partition coefficient (Wildman–Crippen LogP) is 2.53. The predicted molar refractivity (Wildman–Crippen MR) is 88.6 cm³/mol. The lowest BCUT2D eigenvalue weighted by Gasteiger charge is -2.12. The number of hydrogen-bond acceptors (Lipinski definition) is 7. The Labute approximate surface area is 144 Å². The van der Waals surface area contributed by atoms with Gasteiger partial charge in [-0.15, -0.1) is 11.3 Å². The van der Waals surface area contributed by atoms with Gasteiger partial charge in [0, 0.05) is 6.61 Å². The van der Waals surface area contributed by atoms with Crippen LogP contribution >= 0.6 is 11.3 Å². The van der Waals surface area contributed by atoms with Crippen molar-refractivity contribution in [2.24, 2.45) is 0 Å². The van der Waals surface area contributed by atoms with E-state index in [2.05, 4.69) is 5.32 Å². The summed E-state index contributed by atoms with van der Waals surface area (Å²) in [6.45, 7) is 5.62. The van der Waals surface area contributed by atoms with Crippen molar-refractivity contribution >= 4 is 34.2 Å². The van der Waals surface area contributed by atoms with Gasteiger partial charge in [-0.2, -0.15) is 0 Å². The summed E-state index contributed by atoms with van der Waals surface area (Å²) in [6.07, 6.45) is 0.589. The Bertz CT molecular complexity index is 645. The fourth-order valence-electron chi connectivity index (χ4n) is 2.38. The van der Waals surface area contributed by atoms with Gasteiger partial charge in [0.15, 0.2) is 0 Å². The minimum atomic E-state index is -0.587. The van der Waals surface area contributed by atoms with Crippen LogP contribution in [0.2, 0.25) is 0 Å². The number of amides is 1. The summed E-state index contributed by atoms with van der Waals surface area (Å²) in [5, 5.41) is 2.97. The van der Waals surface area contributed by atoms with Gasteiger partial charge in [0.1, 0.15) is 16.0 Å². The minimum Gasteiger partial charge on any atom is -0.465 e. The molecule has 0 aliphatic carbocycles. The van der Waals surface area contributed by atoms with E-state index in [1.807, 2.05) is 0 Å². The third kappa shape index (κ3) is 3.93. The molecule has 1 aromatic rings. The van der Waals surface area contributed by atoms with Crippen LogP contribution in [-0.2, 0) is 19.0 Å². The number of anilines is 1. The number of esters is 2. The second kappa shape index (κ2) is 7.76. The molecule has 1 unspecified atom stereocenters. The van der Waals surface area contributed by atoms with Crippen LogP contribution in [0.3, 0.4) is 0 Å². The molecule has 0 saturated carbocycles. The van der Waals surface area contributed by atoms with Crippen LogP contribution in [0.5, 0.6) is 0 Å². The van der Waals surface area contributed by atoms with E-state index >= 15 is 0 Å². The first kappa shape index (κ1) is 18.4. The smallest absolute Gasteiger partial charge is 0.348 e. The lowest BCUT2D eigenvalue weighted by atomic mass is 10.1. The second-order valence-electron chi connectivity index (χ2n) is 5.70. The SMILES string of the molecule is COC(=O)c1sc(NC(=O)C2CCCO2)c(C(=O)OC(C)C)c1C. The Morgan fingerprint density at radius 1 is 1.29 bits per heavy atom. The van der Waals surface area contributed by atoms with E-state index in [0.717, 1.165) is 17.8 Å². The molecule has 1 aliphatic rings. The maximum Gasteiger partial charge on any atom is 0.348 e. The first-order chi connectivity index (χ1) is 11.3. The number of carbonyl (C=O) groups is 3. The Balaban J connectivity index is 2.34. The molecule has 1 aromatic heterocycles. The summed E-state index contributed by atoms with van der Waals surface area (Å²) in [5.74, 6) is -1.48. The Morgan fingerprint density at radius 2 is 2.00 bits per heavy atom. The molecule has 1 saturated heterocycles. The van der Waals surface area contributed by atoms with Gasteiger partial charge >= 0.3 is 11.9 Å². The lowest BCUT2D eigenvalue weighted by molar-refractivity contribution is -0.124. The minimum absolute atomic E-state index is 0.181. The molecule has 1 N–H and O–H groups in total. The molecule has 1 aliphatic heterocycles. The zero-order chi connectivity index (χ0) is 17.9. The number of carbonyl (C=O) groups excluding carboxylic acids is 3. The molecule has 0 aromatic carbocycles. The Kier molecular flexibility index (Phi) is 5.95. The van der Waals surface area contributed by atoms with Crippen molar-refractivity contribution < 1.29 is 28.6 Å². The highest BCUT2D eigenvalue weighted by molar-refractivity contribution is 7.18. The first-order valence-corrected chi connectivity index (χ1v) is 8.52. The highest BCUT2D eigenvalue weighted by Gasteiger charge is 2.30. The summed E-state index contributed by atoms with van der Waals surface area (Å²) < 4.78 is 15.3. The van der Waals surface area contributed by atoms with Gasteiger partial charge in [-0.3, -0.25) is 4.79 Å². The van der Waals surface area contributed by atoms with Crippen molar-refractivity contribution in [3.63, 3.8) is 0 Å². The number of hydrogen-bond donors (Lipinski definition) is 1. The van der Waals surface area contributed by atoms with Gasteiger partial charge in [-0.05, 0) is 39.2 Å². The van der Waals surface area contributed by atoms with Crippen molar-refractivity contribution in [3.05, 3.63) is 16.0 Å². The molecule has 0 radical (unpaired) electrons. The maximum atomic E-state index is 12.4. The normalized spacial score (nSPS) is 17.0. The monoisotopic (exact) mass is 355 g/mol. The van der Waals surface area contributed by atoms with Crippen LogP contribution in [-0.4, -0.2) is 43.8 Å². The van der Waals surface area contributed by atoms with Gasteiger partial charge in [0.25, 0.3) is 5.91 Å². The van der Waals surface area contributed by atoms with Crippen LogP contribution in [0.1, 0.15) is 52.3 Å². The fraction of sp³-hybridized carbons (Fsp3) is 0.562. The van der Waals surface area contributed by atoms with Crippen LogP contribution < -0.4 is 5.32 Å². The number of ether oxygens (including phenoxy) is 3. The van der Waals surface area contributed by atoms with Crippen molar-refractivity contribution in [1.29, 1.82) is 0 Å². The van der Waals surface area contributed by atoms with Crippen molar-refractivity contribution in [3.8, 4) is 0 Å². The fourth-order valence-corrected chi connectivity index (χ4v) is 3.50. The third-order valence-electron chi connectivity index (χ3n) is 3.52. The Hall–Kier alpha value is -1.93. The average Bonchev–Trinajstić information content (AvgIpc) is 3.14. The van der Waals surface area contributed by atoms with Gasteiger partial charge in [-0.1, -0.05) is 0 Å². The van der Waals surface area contributed by atoms with E-state index in [0.29, 0.717) is 18.6 Å². The molecule has 1 fully saturated rings. The zero-order valence-corrected chi connectivity index (χ0v) is 15.0. The molecule has 7 nitrogen and oxygen atoms in total. The summed E-state index contributed by atoms with van der Waals surface area (Å²) in [5.41, 5.74) is 0.612. The molecule has 1 atom stereocenters. The standard InChI is InChI=1S/C16H21NO6S/c1-8(2)23-15(19)11-9(3)12(16(20)21-4)24-14(11)17-13(18)10-6-5-7-22-10/h8,10H,5-7H2,1-4H3,(H,17,18). The van der Waals surface area contributed by atoms with Gasteiger partial charge in [-0.25, -0.2) is 9.59 Å². The lowest BCUT2D eigenvalue weighted by Crippen LogP contribution is -2.27. The summed E-state index contributed by atoms with van der Waals surface area (Å²) >= 11 is 0.998. The zero-order valence-electron chi connectivity index (χ0n) is 14.1. The van der Waals surface area contributed by atoms with E-state index in [-0.39, 0.29) is 27.5 Å². The van der Waals surface area contributed by atoms with Crippen LogP contribution in [0.25, 0.3) is 0 Å². The molecule has 0 spiro atoms. The van der Waals surface area contributed by atoms with Gasteiger partial charge in [0.05, 0.1) is 18.8 Å². The Morgan fingerprint density at radius 3 is 2.54 bits per heavy atom. The topological polar surface area (TPSA) is 90.9 Å². The molecule has 0 bridgehead atoms. The van der Waals surface area contributed by atoms with E-state index < -0.39 is 18.0 Å². The van der Waals surface area contributed by atoms with E-state index in [1.165, 1.54) is 7.11 Å². The third-order valence-corrected chi connectivity index (χ3v) is 4.71.